The number of amides is 1. The highest BCUT2D eigenvalue weighted by Crippen LogP contribution is 2.13. The summed E-state index contributed by atoms with van der Waals surface area (Å²) in [6.07, 6.45) is 0. The van der Waals surface area contributed by atoms with Crippen LogP contribution < -0.4 is 5.32 Å². The zero-order chi connectivity index (χ0) is 11.3. The smallest absolute Gasteiger partial charge is 0.230 e. The summed E-state index contributed by atoms with van der Waals surface area (Å²) < 4.78 is 0.356. The fourth-order valence-electron chi connectivity index (χ4n) is 1.26. The standard InChI is InChI=1S/C11H12INO2/c1-8(14)11(13-10(15)7-12)9-5-3-2-4-6-9/h2-6,11H,7H2,1H3,(H,13,15). The average Bonchev–Trinajstić information content (AvgIpc) is 2.26. The first kappa shape index (κ1) is 12.2. The van der Waals surface area contributed by atoms with Gasteiger partial charge in [-0.2, -0.15) is 0 Å². The van der Waals surface area contributed by atoms with Gasteiger partial charge in [-0.05, 0) is 12.5 Å². The van der Waals surface area contributed by atoms with E-state index in [1.165, 1.54) is 6.92 Å². The van der Waals surface area contributed by atoms with E-state index in [9.17, 15) is 9.59 Å². The first-order valence-electron chi connectivity index (χ1n) is 4.56. The lowest BCUT2D eigenvalue weighted by molar-refractivity contribution is -0.125. The minimum Gasteiger partial charge on any atom is -0.342 e. The predicted octanol–water partition coefficient (Wildman–Crippen LogP) is 1.87. The van der Waals surface area contributed by atoms with Gasteiger partial charge in [-0.15, -0.1) is 0 Å². The third-order valence-electron chi connectivity index (χ3n) is 1.97. The number of hydrogen-bond acceptors (Lipinski definition) is 2. The van der Waals surface area contributed by atoms with Crippen molar-refractivity contribution in [2.45, 2.75) is 13.0 Å². The van der Waals surface area contributed by atoms with Gasteiger partial charge in [0.2, 0.25) is 5.91 Å². The number of benzene rings is 1. The number of ketones is 1. The highest BCUT2D eigenvalue weighted by molar-refractivity contribution is 14.1. The molecule has 3 nitrogen and oxygen atoms in total. The molecule has 0 saturated heterocycles. The molecule has 1 aromatic rings. The van der Waals surface area contributed by atoms with Gasteiger partial charge in [-0.1, -0.05) is 52.9 Å². The van der Waals surface area contributed by atoms with E-state index < -0.39 is 6.04 Å². The molecule has 15 heavy (non-hydrogen) atoms. The molecule has 0 fully saturated rings. The van der Waals surface area contributed by atoms with Crippen LogP contribution in [0.3, 0.4) is 0 Å². The van der Waals surface area contributed by atoms with Crippen molar-refractivity contribution in [2.75, 3.05) is 4.43 Å². The van der Waals surface area contributed by atoms with Crippen LogP contribution in [0.4, 0.5) is 0 Å². The van der Waals surface area contributed by atoms with Gasteiger partial charge < -0.3 is 5.32 Å². The molecule has 0 radical (unpaired) electrons. The van der Waals surface area contributed by atoms with Gasteiger partial charge in [0.15, 0.2) is 5.78 Å². The van der Waals surface area contributed by atoms with Crippen LogP contribution in [0.1, 0.15) is 18.5 Å². The normalized spacial score (nSPS) is 11.9. The zero-order valence-electron chi connectivity index (χ0n) is 8.37. The summed E-state index contributed by atoms with van der Waals surface area (Å²) in [5.41, 5.74) is 0.822. The van der Waals surface area contributed by atoms with Crippen LogP contribution >= 0.6 is 22.6 Å². The fourth-order valence-corrected chi connectivity index (χ4v) is 1.48. The Kier molecular flexibility index (Phi) is 4.74. The van der Waals surface area contributed by atoms with Gasteiger partial charge in [-0.3, -0.25) is 9.59 Å². The number of nitrogens with one attached hydrogen (secondary N) is 1. The predicted molar refractivity (Wildman–Crippen MR) is 66.9 cm³/mol. The molecule has 4 heteroatoms. The minimum absolute atomic E-state index is 0.0561. The second kappa shape index (κ2) is 5.85. The molecule has 1 N–H and O–H groups in total. The molecule has 1 aromatic carbocycles. The van der Waals surface area contributed by atoms with Crippen LogP contribution in [0.5, 0.6) is 0 Å². The monoisotopic (exact) mass is 317 g/mol. The summed E-state index contributed by atoms with van der Waals surface area (Å²) in [6, 6.07) is 8.72. The van der Waals surface area contributed by atoms with E-state index in [0.717, 1.165) is 5.56 Å². The summed E-state index contributed by atoms with van der Waals surface area (Å²) in [5, 5.41) is 2.69. The van der Waals surface area contributed by atoms with Gasteiger partial charge in [0.05, 0.1) is 4.43 Å². The molecular weight excluding hydrogens is 305 g/mol. The third-order valence-corrected chi connectivity index (χ3v) is 2.66. The fraction of sp³-hybridized carbons (Fsp3) is 0.273. The second-order valence-electron chi connectivity index (χ2n) is 3.16. The molecule has 0 saturated carbocycles. The van der Waals surface area contributed by atoms with Gasteiger partial charge in [0.25, 0.3) is 0 Å². The Bertz CT molecular complexity index is 351. The average molecular weight is 317 g/mol. The molecule has 0 spiro atoms. The van der Waals surface area contributed by atoms with Crippen molar-refractivity contribution in [3.8, 4) is 0 Å². The van der Waals surface area contributed by atoms with E-state index in [1.54, 1.807) is 0 Å². The summed E-state index contributed by atoms with van der Waals surface area (Å²) >= 11 is 1.97. The van der Waals surface area contributed by atoms with Crippen molar-refractivity contribution in [1.82, 2.24) is 5.32 Å². The van der Waals surface area contributed by atoms with Crippen LogP contribution in [-0.2, 0) is 9.59 Å². The van der Waals surface area contributed by atoms with Crippen molar-refractivity contribution in [3.05, 3.63) is 35.9 Å². The Hall–Kier alpha value is -0.910. The largest absolute Gasteiger partial charge is 0.342 e. The SMILES string of the molecule is CC(=O)C(NC(=O)CI)c1ccccc1. The molecule has 0 aliphatic rings. The molecular formula is C11H12INO2. The second-order valence-corrected chi connectivity index (χ2v) is 3.92. The molecule has 0 aliphatic heterocycles. The first-order chi connectivity index (χ1) is 7.15. The lowest BCUT2D eigenvalue weighted by Gasteiger charge is -2.15. The van der Waals surface area contributed by atoms with Crippen molar-refractivity contribution in [2.24, 2.45) is 0 Å². The van der Waals surface area contributed by atoms with Gasteiger partial charge >= 0.3 is 0 Å². The Morgan fingerprint density at radius 1 is 1.33 bits per heavy atom. The number of rotatable bonds is 4. The lowest BCUT2D eigenvalue weighted by atomic mass is 10.0. The van der Waals surface area contributed by atoms with E-state index in [1.807, 2.05) is 52.9 Å². The number of carbonyl (C=O) groups excluding carboxylic acids is 2. The lowest BCUT2D eigenvalue weighted by Crippen LogP contribution is -2.33. The van der Waals surface area contributed by atoms with Crippen LogP contribution in [-0.4, -0.2) is 16.1 Å². The zero-order valence-corrected chi connectivity index (χ0v) is 10.5. The number of halogens is 1. The van der Waals surface area contributed by atoms with E-state index in [-0.39, 0.29) is 11.7 Å². The molecule has 0 aromatic heterocycles. The summed E-state index contributed by atoms with van der Waals surface area (Å²) in [4.78, 5) is 22.6. The van der Waals surface area contributed by atoms with Gasteiger partial charge in [-0.25, -0.2) is 0 Å². The van der Waals surface area contributed by atoms with Crippen molar-refractivity contribution < 1.29 is 9.59 Å². The Labute approximate surface area is 102 Å². The Balaban J connectivity index is 2.84. The van der Waals surface area contributed by atoms with E-state index in [0.29, 0.717) is 4.43 Å². The van der Waals surface area contributed by atoms with E-state index in [4.69, 9.17) is 0 Å². The molecule has 0 aliphatic carbocycles. The molecule has 0 bridgehead atoms. The van der Waals surface area contributed by atoms with E-state index >= 15 is 0 Å². The van der Waals surface area contributed by atoms with Crippen LogP contribution in [0, 0.1) is 0 Å². The molecule has 80 valence electrons. The Morgan fingerprint density at radius 3 is 2.40 bits per heavy atom. The number of carbonyl (C=O) groups is 2. The molecule has 1 atom stereocenters. The van der Waals surface area contributed by atoms with Gasteiger partial charge in [0.1, 0.15) is 6.04 Å². The molecule has 1 rings (SSSR count). The maximum absolute atomic E-state index is 11.4. The molecule has 1 amide bonds. The molecule has 0 heterocycles. The number of hydrogen-bond donors (Lipinski definition) is 1. The molecule has 1 unspecified atom stereocenters. The van der Waals surface area contributed by atoms with Crippen molar-refractivity contribution in [1.29, 1.82) is 0 Å². The van der Waals surface area contributed by atoms with Crippen LogP contribution in [0.25, 0.3) is 0 Å². The summed E-state index contributed by atoms with van der Waals surface area (Å²) in [5.74, 6) is -0.181. The number of alkyl halides is 1. The van der Waals surface area contributed by atoms with Gasteiger partial charge in [0, 0.05) is 0 Å². The number of Topliss-reactive ketones (excluding diaryl/α,β-unsaturated/α-hetero) is 1. The highest BCUT2D eigenvalue weighted by Gasteiger charge is 2.17. The van der Waals surface area contributed by atoms with Crippen molar-refractivity contribution >= 4 is 34.3 Å². The maximum atomic E-state index is 11.4. The topological polar surface area (TPSA) is 46.2 Å². The van der Waals surface area contributed by atoms with E-state index in [2.05, 4.69) is 5.32 Å². The van der Waals surface area contributed by atoms with Crippen LogP contribution in [0.2, 0.25) is 0 Å². The highest BCUT2D eigenvalue weighted by atomic mass is 127. The quantitative estimate of drug-likeness (QED) is 0.681. The summed E-state index contributed by atoms with van der Waals surface area (Å²) in [6.45, 7) is 1.48. The summed E-state index contributed by atoms with van der Waals surface area (Å²) in [7, 11) is 0. The van der Waals surface area contributed by atoms with Crippen molar-refractivity contribution in [3.63, 3.8) is 0 Å². The minimum atomic E-state index is -0.520. The maximum Gasteiger partial charge on any atom is 0.230 e. The first-order valence-corrected chi connectivity index (χ1v) is 6.08. The van der Waals surface area contributed by atoms with Crippen LogP contribution in [0.15, 0.2) is 30.3 Å². The third kappa shape index (κ3) is 3.62. The Morgan fingerprint density at radius 2 is 1.93 bits per heavy atom.